The third kappa shape index (κ3) is 6.50. The standard InChI is InChI=1S/C17H22BCl2N3O6/c1-8(2)5-12(18-28-15(16(25)26)14(21)17(27)29-18)23-13(24)7-22-11-6-9(19)3-4-10(11)20/h3-4,6,8,12,14-15,22H,5,7,21H2,1-2H3,(H,23,24)(H,25,26)/t12-,14+,15+/m0/s1. The fourth-order valence-corrected chi connectivity index (χ4v) is 3.13. The van der Waals surface area contributed by atoms with Gasteiger partial charge in [0.25, 0.3) is 0 Å². The van der Waals surface area contributed by atoms with Crippen molar-refractivity contribution >= 4 is 53.9 Å². The van der Waals surface area contributed by atoms with Crippen molar-refractivity contribution in [2.24, 2.45) is 11.7 Å². The van der Waals surface area contributed by atoms with Gasteiger partial charge >= 0.3 is 19.1 Å². The number of benzene rings is 1. The van der Waals surface area contributed by atoms with Gasteiger partial charge in [-0.3, -0.25) is 9.59 Å². The average Bonchev–Trinajstić information content (AvgIpc) is 2.63. The predicted octanol–water partition coefficient (Wildman–Crippen LogP) is 1.32. The first kappa shape index (κ1) is 23.3. The SMILES string of the molecule is CC(C)C[C@H](NC(=O)CNc1cc(Cl)ccc1Cl)B1OC(=O)[C@H](N)[C@H](C(=O)O)O1. The van der Waals surface area contributed by atoms with E-state index in [1.165, 1.54) is 0 Å². The van der Waals surface area contributed by atoms with Gasteiger partial charge in [-0.25, -0.2) is 4.79 Å². The lowest BCUT2D eigenvalue weighted by molar-refractivity contribution is -0.159. The summed E-state index contributed by atoms with van der Waals surface area (Å²) in [7, 11) is -1.27. The Morgan fingerprint density at radius 3 is 2.66 bits per heavy atom. The molecule has 0 bridgehead atoms. The number of aliphatic carboxylic acids is 1. The lowest BCUT2D eigenvalue weighted by Crippen LogP contribution is -2.63. The molecule has 5 N–H and O–H groups in total. The van der Waals surface area contributed by atoms with Gasteiger partial charge in [0.2, 0.25) is 5.91 Å². The first-order valence-corrected chi connectivity index (χ1v) is 9.66. The number of nitrogens with one attached hydrogen (secondary N) is 2. The smallest absolute Gasteiger partial charge is 0.507 e. The van der Waals surface area contributed by atoms with E-state index < -0.39 is 43.1 Å². The van der Waals surface area contributed by atoms with Gasteiger partial charge in [-0.15, -0.1) is 0 Å². The molecule has 0 aliphatic carbocycles. The maximum atomic E-state index is 12.4. The number of carbonyl (C=O) groups is 3. The number of nitrogens with two attached hydrogens (primary N) is 1. The van der Waals surface area contributed by atoms with Crippen LogP contribution >= 0.6 is 23.2 Å². The Morgan fingerprint density at radius 2 is 2.03 bits per heavy atom. The molecule has 1 aromatic carbocycles. The Balaban J connectivity index is 2.05. The first-order chi connectivity index (χ1) is 13.6. The number of anilines is 1. The number of amides is 1. The second-order valence-electron chi connectivity index (χ2n) is 7.01. The highest BCUT2D eigenvalue weighted by Crippen LogP contribution is 2.25. The summed E-state index contributed by atoms with van der Waals surface area (Å²) in [5.41, 5.74) is 6.00. The predicted molar refractivity (Wildman–Crippen MR) is 109 cm³/mol. The summed E-state index contributed by atoms with van der Waals surface area (Å²) in [6, 6.07) is 3.35. The fraction of sp³-hybridized carbons (Fsp3) is 0.471. The molecule has 1 saturated heterocycles. The zero-order valence-corrected chi connectivity index (χ0v) is 17.4. The number of hydrogen-bond donors (Lipinski definition) is 4. The average molecular weight is 446 g/mol. The van der Waals surface area contributed by atoms with Crippen LogP contribution in [0.2, 0.25) is 10.0 Å². The Morgan fingerprint density at radius 1 is 1.34 bits per heavy atom. The molecule has 1 aliphatic rings. The van der Waals surface area contributed by atoms with E-state index >= 15 is 0 Å². The van der Waals surface area contributed by atoms with Gasteiger partial charge in [-0.2, -0.15) is 0 Å². The minimum absolute atomic E-state index is 0.0943. The van der Waals surface area contributed by atoms with E-state index in [9.17, 15) is 19.5 Å². The number of carbonyl (C=O) groups excluding carboxylic acids is 2. The maximum absolute atomic E-state index is 12.4. The summed E-state index contributed by atoms with van der Waals surface area (Å²) in [6.07, 6.45) is -1.18. The first-order valence-electron chi connectivity index (χ1n) is 8.91. The number of halogens is 2. The van der Waals surface area contributed by atoms with Gasteiger partial charge in [0.1, 0.15) is 6.04 Å². The zero-order chi connectivity index (χ0) is 21.7. The van der Waals surface area contributed by atoms with E-state index in [1.807, 2.05) is 13.8 Å². The Bertz CT molecular complexity index is 782. The molecule has 1 heterocycles. The zero-order valence-electron chi connectivity index (χ0n) is 15.9. The lowest BCUT2D eigenvalue weighted by Gasteiger charge is -2.33. The molecule has 0 radical (unpaired) electrons. The molecule has 12 heteroatoms. The minimum Gasteiger partial charge on any atom is -0.507 e. The van der Waals surface area contributed by atoms with Gasteiger partial charge in [-0.1, -0.05) is 37.0 Å². The van der Waals surface area contributed by atoms with Crippen LogP contribution in [-0.2, 0) is 23.7 Å². The molecule has 0 unspecified atom stereocenters. The number of hydrogen-bond acceptors (Lipinski definition) is 7. The molecule has 1 amide bonds. The highest BCUT2D eigenvalue weighted by atomic mass is 35.5. The van der Waals surface area contributed by atoms with Crippen LogP contribution in [0, 0.1) is 5.92 Å². The molecule has 1 aromatic rings. The molecule has 0 aromatic heterocycles. The van der Waals surface area contributed by atoms with E-state index in [0.29, 0.717) is 22.2 Å². The summed E-state index contributed by atoms with van der Waals surface area (Å²) < 4.78 is 10.5. The maximum Gasteiger partial charge on any atom is 0.552 e. The second kappa shape index (κ2) is 10.2. The Labute approximate surface area is 178 Å². The van der Waals surface area contributed by atoms with Crippen LogP contribution < -0.4 is 16.4 Å². The summed E-state index contributed by atoms with van der Waals surface area (Å²) in [6.45, 7) is 3.65. The monoisotopic (exact) mass is 445 g/mol. The van der Waals surface area contributed by atoms with Crippen molar-refractivity contribution in [3.63, 3.8) is 0 Å². The normalized spacial score (nSPS) is 20.2. The van der Waals surface area contributed by atoms with Crippen molar-refractivity contribution in [1.82, 2.24) is 5.32 Å². The van der Waals surface area contributed by atoms with Gasteiger partial charge in [0, 0.05) is 5.02 Å². The van der Waals surface area contributed by atoms with Crippen LogP contribution in [0.5, 0.6) is 0 Å². The summed E-state index contributed by atoms with van der Waals surface area (Å²) in [4.78, 5) is 35.7. The molecule has 2 rings (SSSR count). The Kier molecular flexibility index (Phi) is 8.15. The van der Waals surface area contributed by atoms with Crippen molar-refractivity contribution in [1.29, 1.82) is 0 Å². The molecular weight excluding hydrogens is 424 g/mol. The van der Waals surface area contributed by atoms with Gasteiger partial charge < -0.3 is 30.8 Å². The van der Waals surface area contributed by atoms with Gasteiger partial charge in [-0.05, 0) is 30.5 Å². The third-order valence-electron chi connectivity index (χ3n) is 4.12. The highest BCUT2D eigenvalue weighted by Gasteiger charge is 2.48. The van der Waals surface area contributed by atoms with Crippen LogP contribution in [0.3, 0.4) is 0 Å². The van der Waals surface area contributed by atoms with Crippen LogP contribution in [0.25, 0.3) is 0 Å². The number of carboxylic acids is 1. The van der Waals surface area contributed by atoms with E-state index in [1.54, 1.807) is 18.2 Å². The van der Waals surface area contributed by atoms with E-state index in [-0.39, 0.29) is 12.5 Å². The van der Waals surface area contributed by atoms with Gasteiger partial charge in [0.05, 0.1) is 23.2 Å². The van der Waals surface area contributed by atoms with E-state index in [0.717, 1.165) is 0 Å². The van der Waals surface area contributed by atoms with Crippen molar-refractivity contribution in [3.05, 3.63) is 28.2 Å². The van der Waals surface area contributed by atoms with E-state index in [4.69, 9.17) is 38.2 Å². The van der Waals surface area contributed by atoms with Crippen LogP contribution in [0.15, 0.2) is 18.2 Å². The van der Waals surface area contributed by atoms with Crippen LogP contribution in [0.1, 0.15) is 20.3 Å². The molecule has 0 spiro atoms. The lowest BCUT2D eigenvalue weighted by atomic mass is 9.72. The molecule has 158 valence electrons. The highest BCUT2D eigenvalue weighted by molar-refractivity contribution is 6.50. The molecule has 29 heavy (non-hydrogen) atoms. The van der Waals surface area contributed by atoms with Crippen LogP contribution in [0.4, 0.5) is 5.69 Å². The third-order valence-corrected chi connectivity index (χ3v) is 4.69. The van der Waals surface area contributed by atoms with Crippen LogP contribution in [-0.4, -0.2) is 54.7 Å². The second-order valence-corrected chi connectivity index (χ2v) is 7.85. The summed E-state index contributed by atoms with van der Waals surface area (Å²) in [5.74, 6) is -3.39. The van der Waals surface area contributed by atoms with Crippen molar-refractivity contribution in [3.8, 4) is 0 Å². The molecule has 0 saturated carbocycles. The summed E-state index contributed by atoms with van der Waals surface area (Å²) >= 11 is 12.0. The molecule has 1 fully saturated rings. The van der Waals surface area contributed by atoms with Crippen molar-refractivity contribution in [2.75, 3.05) is 11.9 Å². The summed E-state index contributed by atoms with van der Waals surface area (Å²) in [5, 5.41) is 15.6. The van der Waals surface area contributed by atoms with Crippen molar-refractivity contribution < 1.29 is 28.8 Å². The fourth-order valence-electron chi connectivity index (χ4n) is 2.77. The molecule has 9 nitrogen and oxygen atoms in total. The van der Waals surface area contributed by atoms with Crippen molar-refractivity contribution in [2.45, 2.75) is 38.4 Å². The molecule has 3 atom stereocenters. The minimum atomic E-state index is -1.56. The Hall–Kier alpha value is -2.01. The number of rotatable bonds is 8. The van der Waals surface area contributed by atoms with Gasteiger partial charge in [0.15, 0.2) is 6.10 Å². The topological polar surface area (TPSA) is 140 Å². The van der Waals surface area contributed by atoms with E-state index in [2.05, 4.69) is 10.6 Å². The molecular formula is C17H22BCl2N3O6. The molecule has 1 aliphatic heterocycles. The quantitative estimate of drug-likeness (QED) is 0.439. The largest absolute Gasteiger partial charge is 0.552 e. The number of carboxylic acid groups (broad SMARTS) is 1.